The molecule has 0 aliphatic carbocycles. The summed E-state index contributed by atoms with van der Waals surface area (Å²) in [5, 5.41) is 6.09. The second kappa shape index (κ2) is 11.5. The fourth-order valence-electron chi connectivity index (χ4n) is 4.13. The number of methoxy groups -OCH3 is 1. The molecule has 2 heterocycles. The molecule has 1 aromatic heterocycles. The van der Waals surface area contributed by atoms with E-state index in [2.05, 4.69) is 34.4 Å². The van der Waals surface area contributed by atoms with Crippen LogP contribution >= 0.6 is 0 Å². The third-order valence-electron chi connectivity index (χ3n) is 6.43. The zero-order valence-electron chi connectivity index (χ0n) is 21.3. The number of fused-ring (bicyclic) bond motifs is 1. The van der Waals surface area contributed by atoms with Gasteiger partial charge in [0.05, 0.1) is 17.5 Å². The monoisotopic (exact) mass is 509 g/mol. The average Bonchev–Trinajstić information content (AvgIpc) is 2.85. The van der Waals surface area contributed by atoms with Crippen LogP contribution in [0, 0.1) is 11.2 Å². The third-order valence-corrected chi connectivity index (χ3v) is 6.43. The first-order chi connectivity index (χ1) is 17.7. The normalized spacial score (nSPS) is 14.9. The molecule has 2 amide bonds. The molecule has 196 valence electrons. The zero-order valence-corrected chi connectivity index (χ0v) is 21.3. The van der Waals surface area contributed by atoms with Gasteiger partial charge >= 0.3 is 0 Å². The van der Waals surface area contributed by atoms with Gasteiger partial charge < -0.3 is 25.0 Å². The van der Waals surface area contributed by atoms with E-state index in [9.17, 15) is 14.0 Å². The molecule has 0 spiro atoms. The zero-order chi connectivity index (χ0) is 26.4. The number of likely N-dealkylation sites (tertiary alicyclic amines) is 1. The van der Waals surface area contributed by atoms with Crippen LogP contribution in [-0.4, -0.2) is 60.1 Å². The Bertz CT molecular complexity index is 1260. The van der Waals surface area contributed by atoms with Gasteiger partial charge in [-0.15, -0.1) is 0 Å². The Hall–Kier alpha value is -3.79. The summed E-state index contributed by atoms with van der Waals surface area (Å²) >= 11 is 0. The summed E-state index contributed by atoms with van der Waals surface area (Å²) in [5.41, 5.74) is 1.83. The number of aromatic nitrogens is 2. The van der Waals surface area contributed by atoms with Crippen molar-refractivity contribution in [2.24, 2.45) is 5.41 Å². The first kappa shape index (κ1) is 26.3. The van der Waals surface area contributed by atoms with E-state index in [-0.39, 0.29) is 29.0 Å². The second-order valence-corrected chi connectivity index (χ2v) is 9.84. The quantitative estimate of drug-likeness (QED) is 0.323. The Morgan fingerprint density at radius 2 is 1.76 bits per heavy atom. The lowest BCUT2D eigenvalue weighted by atomic mass is 9.82. The van der Waals surface area contributed by atoms with Crippen molar-refractivity contribution in [2.45, 2.75) is 33.1 Å². The standard InChI is InChI=1S/C27H32FN5O4/c1-27(2)8-10-33(11-9-27)24(35)16-23(34)31-18-4-6-19(7-5-18)32-26-25-21(28)14-20(37-13-12-36-3)15-22(25)29-17-30-26/h4-7,14-15,17H,8-13,16H2,1-3H3,(H,31,34)(H,29,30,32). The third kappa shape index (κ3) is 6.91. The van der Waals surface area contributed by atoms with Gasteiger partial charge in [-0.2, -0.15) is 0 Å². The van der Waals surface area contributed by atoms with Gasteiger partial charge in [0.25, 0.3) is 0 Å². The van der Waals surface area contributed by atoms with Gasteiger partial charge in [0.15, 0.2) is 0 Å². The summed E-state index contributed by atoms with van der Waals surface area (Å²) in [4.78, 5) is 35.0. The maximum atomic E-state index is 14.9. The van der Waals surface area contributed by atoms with Crippen LogP contribution in [0.25, 0.3) is 10.9 Å². The maximum absolute atomic E-state index is 14.9. The van der Waals surface area contributed by atoms with Crippen molar-refractivity contribution < 1.29 is 23.5 Å². The first-order valence-corrected chi connectivity index (χ1v) is 12.2. The molecule has 0 unspecified atom stereocenters. The van der Waals surface area contributed by atoms with Crippen LogP contribution < -0.4 is 15.4 Å². The number of carbonyl (C=O) groups excluding carboxylic acids is 2. The number of amides is 2. The molecule has 4 rings (SSSR count). The van der Waals surface area contributed by atoms with E-state index in [1.165, 1.54) is 12.4 Å². The van der Waals surface area contributed by atoms with E-state index in [0.29, 0.717) is 54.8 Å². The number of benzene rings is 2. The molecular formula is C27H32FN5O4. The van der Waals surface area contributed by atoms with Crippen molar-refractivity contribution in [3.05, 3.63) is 48.5 Å². The highest BCUT2D eigenvalue weighted by Gasteiger charge is 2.28. The lowest BCUT2D eigenvalue weighted by molar-refractivity contribution is -0.136. The number of nitrogens with one attached hydrogen (secondary N) is 2. The van der Waals surface area contributed by atoms with Gasteiger partial charge in [-0.3, -0.25) is 9.59 Å². The minimum absolute atomic E-state index is 0.156. The van der Waals surface area contributed by atoms with Crippen molar-refractivity contribution in [3.63, 3.8) is 0 Å². The molecule has 0 radical (unpaired) electrons. The summed E-state index contributed by atoms with van der Waals surface area (Å²) in [5.74, 6) is -0.370. The van der Waals surface area contributed by atoms with Crippen molar-refractivity contribution in [1.82, 2.24) is 14.9 Å². The van der Waals surface area contributed by atoms with Crippen LogP contribution in [0.3, 0.4) is 0 Å². The number of nitrogens with zero attached hydrogens (tertiary/aromatic N) is 3. The van der Waals surface area contributed by atoms with E-state index in [0.717, 1.165) is 12.8 Å². The number of ether oxygens (including phenoxy) is 2. The predicted octanol–water partition coefficient (Wildman–Crippen LogP) is 4.51. The van der Waals surface area contributed by atoms with Crippen LogP contribution in [-0.2, 0) is 14.3 Å². The molecular weight excluding hydrogens is 477 g/mol. The number of carbonyl (C=O) groups is 2. The average molecular weight is 510 g/mol. The molecule has 2 N–H and O–H groups in total. The summed E-state index contributed by atoms with van der Waals surface area (Å²) in [6, 6.07) is 9.81. The molecule has 1 fully saturated rings. The van der Waals surface area contributed by atoms with Crippen molar-refractivity contribution in [2.75, 3.05) is 44.0 Å². The number of hydrogen-bond donors (Lipinski definition) is 2. The molecule has 1 aliphatic heterocycles. The van der Waals surface area contributed by atoms with Crippen molar-refractivity contribution in [1.29, 1.82) is 0 Å². The molecule has 0 atom stereocenters. The van der Waals surface area contributed by atoms with E-state index < -0.39 is 5.82 Å². The predicted molar refractivity (Wildman–Crippen MR) is 139 cm³/mol. The number of hydrogen-bond acceptors (Lipinski definition) is 7. The molecule has 9 nitrogen and oxygen atoms in total. The van der Waals surface area contributed by atoms with Crippen LogP contribution in [0.15, 0.2) is 42.7 Å². The maximum Gasteiger partial charge on any atom is 0.233 e. The molecule has 10 heteroatoms. The molecule has 1 aliphatic rings. The Kier molecular flexibility index (Phi) is 8.17. The van der Waals surface area contributed by atoms with Gasteiger partial charge in [-0.05, 0) is 42.5 Å². The molecule has 2 aromatic carbocycles. The topological polar surface area (TPSA) is 106 Å². The summed E-state index contributed by atoms with van der Waals surface area (Å²) < 4.78 is 25.3. The summed E-state index contributed by atoms with van der Waals surface area (Å²) in [7, 11) is 1.56. The van der Waals surface area contributed by atoms with Crippen LogP contribution in [0.1, 0.15) is 33.1 Å². The fraction of sp³-hybridized carbons (Fsp3) is 0.407. The highest BCUT2D eigenvalue weighted by Crippen LogP contribution is 2.31. The summed E-state index contributed by atoms with van der Waals surface area (Å²) in [6.07, 6.45) is 3.02. The van der Waals surface area contributed by atoms with Gasteiger partial charge in [-0.1, -0.05) is 13.8 Å². The highest BCUT2D eigenvalue weighted by molar-refractivity contribution is 6.03. The lowest BCUT2D eigenvalue weighted by Crippen LogP contribution is -2.42. The van der Waals surface area contributed by atoms with Gasteiger partial charge in [0, 0.05) is 43.7 Å². The van der Waals surface area contributed by atoms with E-state index in [4.69, 9.17) is 9.47 Å². The van der Waals surface area contributed by atoms with Crippen molar-refractivity contribution >= 4 is 39.9 Å². The minimum atomic E-state index is -0.515. The van der Waals surface area contributed by atoms with Crippen LogP contribution in [0.4, 0.5) is 21.6 Å². The van der Waals surface area contributed by atoms with Crippen molar-refractivity contribution in [3.8, 4) is 5.75 Å². The Morgan fingerprint density at radius 1 is 1.05 bits per heavy atom. The smallest absolute Gasteiger partial charge is 0.233 e. The lowest BCUT2D eigenvalue weighted by Gasteiger charge is -2.36. The molecule has 1 saturated heterocycles. The largest absolute Gasteiger partial charge is 0.491 e. The molecule has 0 saturated carbocycles. The molecule has 0 bridgehead atoms. The van der Waals surface area contributed by atoms with Crippen LogP contribution in [0.5, 0.6) is 5.75 Å². The molecule has 37 heavy (non-hydrogen) atoms. The Morgan fingerprint density at radius 3 is 2.46 bits per heavy atom. The van der Waals surface area contributed by atoms with Gasteiger partial charge in [0.2, 0.25) is 11.8 Å². The summed E-state index contributed by atoms with van der Waals surface area (Å²) in [6.45, 7) is 6.44. The Balaban J connectivity index is 1.36. The van der Waals surface area contributed by atoms with E-state index in [1.807, 2.05) is 0 Å². The number of anilines is 3. The number of piperidine rings is 1. The van der Waals surface area contributed by atoms with E-state index >= 15 is 0 Å². The van der Waals surface area contributed by atoms with Gasteiger partial charge in [-0.25, -0.2) is 14.4 Å². The van der Waals surface area contributed by atoms with E-state index in [1.54, 1.807) is 42.3 Å². The van der Waals surface area contributed by atoms with Gasteiger partial charge in [0.1, 0.15) is 36.7 Å². The fourth-order valence-corrected chi connectivity index (χ4v) is 4.13. The highest BCUT2D eigenvalue weighted by atomic mass is 19.1. The minimum Gasteiger partial charge on any atom is -0.491 e. The first-order valence-electron chi connectivity index (χ1n) is 12.2. The van der Waals surface area contributed by atoms with Crippen LogP contribution in [0.2, 0.25) is 0 Å². The SMILES string of the molecule is COCCOc1cc(F)c2c(Nc3ccc(NC(=O)CC(=O)N4CCC(C)(C)CC4)cc3)ncnc2c1. The Labute approximate surface area is 215 Å². The number of rotatable bonds is 9. The molecule has 3 aromatic rings. The number of halogens is 1. The second-order valence-electron chi connectivity index (χ2n) is 9.84.